The van der Waals surface area contributed by atoms with Crippen LogP contribution in [0.25, 0.3) is 0 Å². The van der Waals surface area contributed by atoms with Crippen molar-refractivity contribution in [1.29, 1.82) is 5.41 Å². The van der Waals surface area contributed by atoms with Crippen LogP contribution in [-0.2, 0) is 4.79 Å². The first-order valence-electron chi connectivity index (χ1n) is 6.38. The smallest absolute Gasteiger partial charge is 0.243 e. The van der Waals surface area contributed by atoms with Crippen LogP contribution in [0.4, 0.5) is 0 Å². The summed E-state index contributed by atoms with van der Waals surface area (Å²) in [5, 5.41) is 55.3. The fourth-order valence-corrected chi connectivity index (χ4v) is 2.36. The maximum absolute atomic E-state index is 12.3. The van der Waals surface area contributed by atoms with Crippen LogP contribution < -0.4 is 5.73 Å². The average molecular weight is 343 g/mol. The Morgan fingerprint density at radius 3 is 1.86 bits per heavy atom. The number of nitrogens with zero attached hydrogens (tertiary/aromatic N) is 2. The van der Waals surface area contributed by atoms with E-state index in [9.17, 15) is 30.3 Å². The second kappa shape index (κ2) is 8.46. The lowest BCUT2D eigenvalue weighted by Crippen LogP contribution is -2.70. The van der Waals surface area contributed by atoms with Crippen molar-refractivity contribution in [2.75, 3.05) is 26.8 Å². The minimum absolute atomic E-state index is 0. The van der Waals surface area contributed by atoms with Crippen molar-refractivity contribution in [2.24, 2.45) is 5.73 Å². The molecule has 4 atom stereocenters. The van der Waals surface area contributed by atoms with Crippen LogP contribution >= 0.6 is 12.4 Å². The zero-order valence-corrected chi connectivity index (χ0v) is 12.8. The maximum atomic E-state index is 12.3. The van der Waals surface area contributed by atoms with Gasteiger partial charge in [0.25, 0.3) is 0 Å². The van der Waals surface area contributed by atoms with Gasteiger partial charge >= 0.3 is 0 Å². The largest absolute Gasteiger partial charge is 0.394 e. The van der Waals surface area contributed by atoms with Crippen LogP contribution in [0.5, 0.6) is 0 Å². The topological polar surface area (TPSA) is 175 Å². The number of carbonyl (C=O) groups is 1. The number of carbonyl (C=O) groups excluding carboxylic acids is 1. The number of hydrogen-bond acceptors (Lipinski definition) is 7. The fourth-order valence-electron chi connectivity index (χ4n) is 2.36. The molecule has 0 aliphatic carbocycles. The highest BCUT2D eigenvalue weighted by Gasteiger charge is 2.49. The van der Waals surface area contributed by atoms with Crippen molar-refractivity contribution in [2.45, 2.75) is 30.4 Å². The Morgan fingerprint density at radius 1 is 1.14 bits per heavy atom. The maximum Gasteiger partial charge on any atom is 0.243 e. The van der Waals surface area contributed by atoms with Gasteiger partial charge in [0.2, 0.25) is 5.91 Å². The lowest BCUT2D eigenvalue weighted by molar-refractivity contribution is -0.187. The Morgan fingerprint density at radius 2 is 1.55 bits per heavy atom. The van der Waals surface area contributed by atoms with Crippen molar-refractivity contribution in [3.05, 3.63) is 0 Å². The second-order valence-corrected chi connectivity index (χ2v) is 5.01. The van der Waals surface area contributed by atoms with Crippen LogP contribution in [-0.4, -0.2) is 104 Å². The third-order valence-corrected chi connectivity index (χ3v) is 3.65. The van der Waals surface area contributed by atoms with Crippen molar-refractivity contribution >= 4 is 24.3 Å². The molecule has 1 aliphatic heterocycles. The summed E-state index contributed by atoms with van der Waals surface area (Å²) in [6.45, 7) is -1.65. The molecule has 1 saturated heterocycles. The molecule has 1 aliphatic rings. The molecular weight excluding hydrogens is 320 g/mol. The predicted molar refractivity (Wildman–Crippen MR) is 78.4 cm³/mol. The number of piperidine rings is 1. The van der Waals surface area contributed by atoms with Gasteiger partial charge in [-0.25, -0.2) is 0 Å². The minimum Gasteiger partial charge on any atom is -0.394 e. The molecular formula is C11H23ClN4O6. The average Bonchev–Trinajstić information content (AvgIpc) is 2.44. The van der Waals surface area contributed by atoms with Gasteiger partial charge in [-0.3, -0.25) is 10.2 Å². The zero-order chi connectivity index (χ0) is 16.3. The number of halogens is 1. The van der Waals surface area contributed by atoms with Gasteiger partial charge < -0.3 is 41.1 Å². The fraction of sp³-hybridized carbons (Fsp3) is 0.818. The number of likely N-dealkylation sites (tertiary alicyclic amines) is 1. The SMILES string of the molecule is CN(CC(=O)N1C(CO)C(O)C(O)C(O)C1CO)C(=N)N.Cl. The van der Waals surface area contributed by atoms with Gasteiger partial charge in [-0.2, -0.15) is 0 Å². The van der Waals surface area contributed by atoms with Gasteiger partial charge in [0.05, 0.1) is 31.8 Å². The first-order chi connectivity index (χ1) is 9.76. The number of rotatable bonds is 4. The molecule has 1 amide bonds. The van der Waals surface area contributed by atoms with Crippen LogP contribution in [0.15, 0.2) is 0 Å². The van der Waals surface area contributed by atoms with Gasteiger partial charge in [0.15, 0.2) is 5.96 Å². The Labute approximate surface area is 133 Å². The summed E-state index contributed by atoms with van der Waals surface area (Å²) in [5.74, 6) is -1.02. The third-order valence-electron chi connectivity index (χ3n) is 3.65. The normalized spacial score (nSPS) is 31.4. The highest BCUT2D eigenvalue weighted by atomic mass is 35.5. The molecule has 0 radical (unpaired) electrons. The van der Waals surface area contributed by atoms with E-state index < -0.39 is 49.5 Å². The Kier molecular flexibility index (Phi) is 8.01. The number of aliphatic hydroxyl groups excluding tert-OH is 5. The quantitative estimate of drug-likeness (QED) is 0.199. The number of hydrogen-bond donors (Lipinski definition) is 7. The van der Waals surface area contributed by atoms with Crippen molar-refractivity contribution in [1.82, 2.24) is 9.80 Å². The standard InChI is InChI=1S/C11H22N4O6.ClH/c1-14(11(12)13)2-7(18)15-5(3-16)8(19)10(21)9(20)6(15)4-17;/h5-6,8-10,16-17,19-21H,2-4H2,1H3,(H3,12,13);1H. The highest BCUT2D eigenvalue weighted by Crippen LogP contribution is 2.24. The van der Waals surface area contributed by atoms with E-state index in [4.69, 9.17) is 11.1 Å². The lowest BCUT2D eigenvalue weighted by atomic mass is 9.88. The number of guanidine groups is 1. The zero-order valence-electron chi connectivity index (χ0n) is 12.0. The van der Waals surface area contributed by atoms with Gasteiger partial charge in [-0.05, 0) is 0 Å². The minimum atomic E-state index is -1.59. The van der Waals surface area contributed by atoms with E-state index in [0.717, 1.165) is 9.80 Å². The molecule has 22 heavy (non-hydrogen) atoms. The number of nitrogens with two attached hydrogens (primary N) is 1. The molecule has 130 valence electrons. The Bertz CT molecular complexity index is 383. The van der Waals surface area contributed by atoms with E-state index >= 15 is 0 Å². The van der Waals surface area contributed by atoms with Gasteiger partial charge in [0.1, 0.15) is 18.3 Å². The molecule has 10 nitrogen and oxygen atoms in total. The molecule has 11 heteroatoms. The third kappa shape index (κ3) is 3.97. The van der Waals surface area contributed by atoms with Crippen LogP contribution in [0, 0.1) is 5.41 Å². The van der Waals surface area contributed by atoms with E-state index in [1.165, 1.54) is 7.05 Å². The predicted octanol–water partition coefficient (Wildman–Crippen LogP) is -4.12. The van der Waals surface area contributed by atoms with Crippen molar-refractivity contribution < 1.29 is 30.3 Å². The van der Waals surface area contributed by atoms with Gasteiger partial charge in [-0.1, -0.05) is 0 Å². The van der Waals surface area contributed by atoms with E-state index in [-0.39, 0.29) is 24.9 Å². The molecule has 1 heterocycles. The summed E-state index contributed by atoms with van der Waals surface area (Å²) in [5.41, 5.74) is 5.23. The molecule has 0 bridgehead atoms. The molecule has 1 fully saturated rings. The summed E-state index contributed by atoms with van der Waals surface area (Å²) >= 11 is 0. The van der Waals surface area contributed by atoms with Crippen molar-refractivity contribution in [3.63, 3.8) is 0 Å². The molecule has 8 N–H and O–H groups in total. The first kappa shape index (κ1) is 20.8. The summed E-state index contributed by atoms with van der Waals surface area (Å²) in [7, 11) is 1.40. The summed E-state index contributed by atoms with van der Waals surface area (Å²) in [4.78, 5) is 14.3. The second-order valence-electron chi connectivity index (χ2n) is 5.01. The van der Waals surface area contributed by atoms with Gasteiger partial charge in [0, 0.05) is 7.05 Å². The summed E-state index contributed by atoms with van der Waals surface area (Å²) in [6, 6.07) is -2.35. The number of nitrogens with one attached hydrogen (secondary N) is 1. The lowest BCUT2D eigenvalue weighted by Gasteiger charge is -2.48. The van der Waals surface area contributed by atoms with E-state index in [1.807, 2.05) is 0 Å². The van der Waals surface area contributed by atoms with Crippen LogP contribution in [0.1, 0.15) is 0 Å². The molecule has 1 rings (SSSR count). The number of likely N-dealkylation sites (N-methyl/N-ethyl adjacent to an activating group) is 1. The molecule has 0 aromatic rings. The van der Waals surface area contributed by atoms with Crippen LogP contribution in [0.2, 0.25) is 0 Å². The number of aliphatic hydroxyl groups is 5. The molecule has 0 spiro atoms. The molecule has 0 aromatic carbocycles. The van der Waals surface area contributed by atoms with Gasteiger partial charge in [-0.15, -0.1) is 12.4 Å². The first-order valence-corrected chi connectivity index (χ1v) is 6.38. The van der Waals surface area contributed by atoms with Crippen molar-refractivity contribution in [3.8, 4) is 0 Å². The highest BCUT2D eigenvalue weighted by molar-refractivity contribution is 5.85. The Hall–Kier alpha value is -1.17. The van der Waals surface area contributed by atoms with E-state index in [2.05, 4.69) is 0 Å². The monoisotopic (exact) mass is 342 g/mol. The number of amides is 1. The van der Waals surface area contributed by atoms with E-state index in [1.54, 1.807) is 0 Å². The molecule has 0 saturated carbocycles. The van der Waals surface area contributed by atoms with Crippen LogP contribution in [0.3, 0.4) is 0 Å². The molecule has 0 aromatic heterocycles. The molecule has 4 unspecified atom stereocenters. The summed E-state index contributed by atoms with van der Waals surface area (Å²) in [6.07, 6.45) is -4.70. The summed E-state index contributed by atoms with van der Waals surface area (Å²) < 4.78 is 0. The van der Waals surface area contributed by atoms with E-state index in [0.29, 0.717) is 0 Å². The Balaban J connectivity index is 0.00000441.